The number of halogens is 2. The van der Waals surface area contributed by atoms with Gasteiger partial charge in [-0.05, 0) is 96.2 Å². The molecular weight excluding hydrogens is 671 g/mol. The molecule has 1 aliphatic rings. The van der Waals surface area contributed by atoms with Gasteiger partial charge in [-0.2, -0.15) is 4.39 Å². The van der Waals surface area contributed by atoms with E-state index in [2.05, 4.69) is 54.8 Å². The molecule has 0 radical (unpaired) electrons. The fourth-order valence-electron chi connectivity index (χ4n) is 5.43. The third kappa shape index (κ3) is 9.63. The molecule has 9 nitrogen and oxygen atoms in total. The molecule has 1 unspecified atom stereocenters. The normalized spacial score (nSPS) is 17.0. The first kappa shape index (κ1) is 35.6. The van der Waals surface area contributed by atoms with Crippen LogP contribution in [0.2, 0.25) is 0 Å². The summed E-state index contributed by atoms with van der Waals surface area (Å²) in [6.07, 6.45) is 3.94. The second-order valence-corrected chi connectivity index (χ2v) is 16.1. The van der Waals surface area contributed by atoms with Crippen molar-refractivity contribution in [2.75, 3.05) is 11.9 Å². The van der Waals surface area contributed by atoms with Crippen molar-refractivity contribution >= 4 is 45.7 Å². The van der Waals surface area contributed by atoms with Crippen LogP contribution in [0.5, 0.6) is 0 Å². The molecule has 0 bridgehead atoms. The van der Waals surface area contributed by atoms with Crippen molar-refractivity contribution in [2.24, 2.45) is 5.92 Å². The largest absolute Gasteiger partial charge is 0.444 e. The number of carbonyl (C=O) groups is 2. The van der Waals surface area contributed by atoms with Gasteiger partial charge in [0, 0.05) is 45.8 Å². The Morgan fingerprint density at radius 2 is 1.87 bits per heavy atom. The Labute approximate surface area is 284 Å². The highest BCUT2D eigenvalue weighted by atomic mass is 79.9. The fourth-order valence-corrected chi connectivity index (χ4v) is 6.38. The standard InChI is InChI=1S/C34H44BrFN6O3S/c1-32(2,3)26-15-13-23(29(36)39-26)30(43)41-46-28-11-9-10-27(40-28)38-24(25-18-22(35)16-17-37-25)14-12-21-19-34(7,8)42(20-21)31(44)45-33(4,5)6/h9-11,13,15-18,21,24H,12,14,19-20H2,1-8H3,(H,38,40)(H,41,43)/t21-,24?/m0/s1. The second kappa shape index (κ2) is 14.3. The van der Waals surface area contributed by atoms with Gasteiger partial charge in [-0.3, -0.25) is 14.5 Å². The van der Waals surface area contributed by atoms with E-state index in [1.54, 1.807) is 18.3 Å². The van der Waals surface area contributed by atoms with Crippen molar-refractivity contribution in [2.45, 2.75) is 102 Å². The summed E-state index contributed by atoms with van der Waals surface area (Å²) in [6.45, 7) is 16.2. The third-order valence-corrected chi connectivity index (χ3v) is 8.91. The number of hydrogen-bond acceptors (Lipinski definition) is 8. The van der Waals surface area contributed by atoms with Crippen molar-refractivity contribution in [3.8, 4) is 0 Å². The van der Waals surface area contributed by atoms with Crippen LogP contribution in [0.1, 0.15) is 102 Å². The molecule has 2 amide bonds. The monoisotopic (exact) mass is 714 g/mol. The van der Waals surface area contributed by atoms with Crippen molar-refractivity contribution < 1.29 is 18.7 Å². The third-order valence-electron chi connectivity index (χ3n) is 7.69. The Hall–Kier alpha value is -3.25. The van der Waals surface area contributed by atoms with Crippen LogP contribution in [-0.4, -0.2) is 49.5 Å². The van der Waals surface area contributed by atoms with Crippen LogP contribution in [0.25, 0.3) is 0 Å². The van der Waals surface area contributed by atoms with Gasteiger partial charge in [0.25, 0.3) is 5.91 Å². The molecule has 3 aromatic heterocycles. The van der Waals surface area contributed by atoms with Crippen LogP contribution in [0, 0.1) is 11.9 Å². The Bertz CT molecular complexity index is 1560. The average Bonchev–Trinajstić information content (AvgIpc) is 3.26. The predicted molar refractivity (Wildman–Crippen MR) is 183 cm³/mol. The number of carbonyl (C=O) groups excluding carboxylic acids is 2. The van der Waals surface area contributed by atoms with Crippen molar-refractivity contribution in [1.29, 1.82) is 0 Å². The number of ether oxygens (including phenoxy) is 1. The van der Waals surface area contributed by atoms with E-state index in [0.717, 1.165) is 41.4 Å². The van der Waals surface area contributed by atoms with E-state index >= 15 is 0 Å². The van der Waals surface area contributed by atoms with E-state index < -0.39 is 17.5 Å². The maximum Gasteiger partial charge on any atom is 0.410 e. The van der Waals surface area contributed by atoms with E-state index in [9.17, 15) is 14.0 Å². The van der Waals surface area contributed by atoms with Gasteiger partial charge in [0.1, 0.15) is 16.4 Å². The minimum Gasteiger partial charge on any atom is -0.444 e. The summed E-state index contributed by atoms with van der Waals surface area (Å²) in [5.74, 6) is -0.503. The number of nitrogens with one attached hydrogen (secondary N) is 2. The Morgan fingerprint density at radius 3 is 2.52 bits per heavy atom. The number of likely N-dealkylation sites (tertiary alicyclic amines) is 1. The molecule has 12 heteroatoms. The lowest BCUT2D eigenvalue weighted by atomic mass is 9.91. The van der Waals surface area contributed by atoms with E-state index in [4.69, 9.17) is 4.74 Å². The summed E-state index contributed by atoms with van der Waals surface area (Å²) >= 11 is 4.57. The van der Waals surface area contributed by atoms with E-state index in [-0.39, 0.29) is 34.6 Å². The number of pyridine rings is 3. The number of anilines is 1. The van der Waals surface area contributed by atoms with Gasteiger partial charge in [-0.25, -0.2) is 14.8 Å². The average molecular weight is 716 g/mol. The summed E-state index contributed by atoms with van der Waals surface area (Å²) in [4.78, 5) is 40.9. The van der Waals surface area contributed by atoms with Crippen LogP contribution in [0.4, 0.5) is 15.0 Å². The van der Waals surface area contributed by atoms with Gasteiger partial charge in [0.05, 0.1) is 17.3 Å². The minimum absolute atomic E-state index is 0.129. The molecule has 2 N–H and O–H groups in total. The smallest absolute Gasteiger partial charge is 0.410 e. The molecule has 0 spiro atoms. The van der Waals surface area contributed by atoms with E-state index in [1.165, 1.54) is 6.07 Å². The molecule has 1 aliphatic heterocycles. The van der Waals surface area contributed by atoms with Gasteiger partial charge in [-0.15, -0.1) is 0 Å². The molecule has 3 aromatic rings. The van der Waals surface area contributed by atoms with Gasteiger partial charge in [0.15, 0.2) is 0 Å². The summed E-state index contributed by atoms with van der Waals surface area (Å²) in [7, 11) is 0. The van der Waals surface area contributed by atoms with Crippen molar-refractivity contribution in [3.63, 3.8) is 0 Å². The zero-order chi connectivity index (χ0) is 33.9. The predicted octanol–water partition coefficient (Wildman–Crippen LogP) is 8.48. The molecule has 4 rings (SSSR count). The van der Waals surface area contributed by atoms with Crippen LogP contribution in [0.15, 0.2) is 58.2 Å². The van der Waals surface area contributed by atoms with Crippen LogP contribution in [-0.2, 0) is 10.2 Å². The first-order valence-corrected chi connectivity index (χ1v) is 17.0. The first-order chi connectivity index (χ1) is 21.4. The molecule has 0 saturated carbocycles. The van der Waals surface area contributed by atoms with Crippen molar-refractivity contribution in [1.82, 2.24) is 24.6 Å². The lowest BCUT2D eigenvalue weighted by Crippen LogP contribution is -2.45. The zero-order valence-corrected chi connectivity index (χ0v) is 30.2. The molecule has 248 valence electrons. The van der Waals surface area contributed by atoms with Gasteiger partial charge < -0.3 is 15.0 Å². The highest BCUT2D eigenvalue weighted by molar-refractivity contribution is 9.10. The molecule has 1 saturated heterocycles. The highest BCUT2D eigenvalue weighted by Gasteiger charge is 2.43. The van der Waals surface area contributed by atoms with Gasteiger partial charge >= 0.3 is 6.09 Å². The highest BCUT2D eigenvalue weighted by Crippen LogP contribution is 2.38. The number of aromatic nitrogens is 3. The lowest BCUT2D eigenvalue weighted by Gasteiger charge is -2.33. The maximum atomic E-state index is 14.7. The lowest BCUT2D eigenvalue weighted by molar-refractivity contribution is 0.0130. The molecule has 0 aromatic carbocycles. The van der Waals surface area contributed by atoms with Gasteiger partial charge in [-0.1, -0.05) is 42.8 Å². The summed E-state index contributed by atoms with van der Waals surface area (Å²) in [6, 6.07) is 12.3. The molecule has 1 fully saturated rings. The quantitative estimate of drug-likeness (QED) is 0.168. The number of rotatable bonds is 9. The van der Waals surface area contributed by atoms with Gasteiger partial charge in [0.2, 0.25) is 5.95 Å². The molecule has 2 atom stereocenters. The molecular formula is C34H44BrFN6O3S. The molecule has 0 aliphatic carbocycles. The zero-order valence-electron chi connectivity index (χ0n) is 27.8. The summed E-state index contributed by atoms with van der Waals surface area (Å²) in [5.41, 5.74) is 0.0943. The number of hydrogen-bond donors (Lipinski definition) is 2. The van der Waals surface area contributed by atoms with E-state index in [1.807, 2.05) is 70.7 Å². The van der Waals surface area contributed by atoms with Crippen molar-refractivity contribution in [3.05, 3.63) is 76.0 Å². The first-order valence-electron chi connectivity index (χ1n) is 15.4. The maximum absolute atomic E-state index is 14.7. The SMILES string of the molecule is CC(C)(C)OC(=O)N1C[C@@H](CCC(Nc2cccc(SNC(=O)c3ccc(C(C)(C)C)nc3F)n2)c2cc(Br)ccn2)CC1(C)C. The summed E-state index contributed by atoms with van der Waals surface area (Å²) in [5, 5.41) is 4.06. The summed E-state index contributed by atoms with van der Waals surface area (Å²) < 4.78 is 23.9. The second-order valence-electron chi connectivity index (χ2n) is 14.3. The molecule has 46 heavy (non-hydrogen) atoms. The minimum atomic E-state index is -0.807. The Morgan fingerprint density at radius 1 is 1.13 bits per heavy atom. The van der Waals surface area contributed by atoms with Crippen LogP contribution < -0.4 is 10.0 Å². The fraction of sp³-hybridized carbons (Fsp3) is 0.500. The Kier molecular flexibility index (Phi) is 11.0. The van der Waals surface area contributed by atoms with E-state index in [0.29, 0.717) is 23.1 Å². The molecule has 4 heterocycles. The number of nitrogens with zero attached hydrogens (tertiary/aromatic N) is 4. The topological polar surface area (TPSA) is 109 Å². The van der Waals surface area contributed by atoms with Crippen LogP contribution >= 0.6 is 27.9 Å². The number of amides is 2. The van der Waals surface area contributed by atoms with Crippen LogP contribution in [0.3, 0.4) is 0 Å². The Balaban J connectivity index is 1.43.